The van der Waals surface area contributed by atoms with Crippen LogP contribution in [0.2, 0.25) is 5.21 Å². The van der Waals surface area contributed by atoms with E-state index in [1.54, 1.807) is 29.2 Å². The fourth-order valence-corrected chi connectivity index (χ4v) is 3.29. The molecule has 0 aliphatic heterocycles. The summed E-state index contributed by atoms with van der Waals surface area (Å²) >= 11 is 1.80. The molecule has 4 nitrogen and oxygen atoms in total. The van der Waals surface area contributed by atoms with Gasteiger partial charge in [0.15, 0.2) is 0 Å². The summed E-state index contributed by atoms with van der Waals surface area (Å²) in [7, 11) is 0. The van der Waals surface area contributed by atoms with E-state index in [0.717, 1.165) is 23.4 Å². The molecule has 4 rings (SSSR count). The molecule has 1 atom stereocenters. The molecule has 1 unspecified atom stereocenters. The van der Waals surface area contributed by atoms with E-state index in [1.165, 1.54) is 28.1 Å². The molecule has 1 N–H and O–H groups in total. The third-order valence-electron chi connectivity index (χ3n) is 3.94. The van der Waals surface area contributed by atoms with Crippen molar-refractivity contribution in [2.75, 3.05) is 0 Å². The van der Waals surface area contributed by atoms with Gasteiger partial charge in [-0.3, -0.25) is 0 Å². The number of hydrogen-bond donors (Lipinski definition) is 1. The third-order valence-corrected chi connectivity index (χ3v) is 4.80. The van der Waals surface area contributed by atoms with Crippen LogP contribution in [0.3, 0.4) is 0 Å². The van der Waals surface area contributed by atoms with Crippen molar-refractivity contribution in [3.05, 3.63) is 48.9 Å². The van der Waals surface area contributed by atoms with Crippen molar-refractivity contribution in [1.82, 2.24) is 19.5 Å². The normalized spacial score (nSPS) is 11.5. The Balaban J connectivity index is 1.90. The van der Waals surface area contributed by atoms with Gasteiger partial charge in [0.1, 0.15) is 0 Å². The van der Waals surface area contributed by atoms with Crippen LogP contribution in [0.15, 0.2) is 48.9 Å². The Labute approximate surface area is 137 Å². The zero-order valence-electron chi connectivity index (χ0n) is 12.2. The molecule has 0 bridgehead atoms. The number of benzene rings is 1. The molecule has 0 saturated carbocycles. The number of aromatic nitrogens is 4. The van der Waals surface area contributed by atoms with Crippen molar-refractivity contribution in [2.24, 2.45) is 0 Å². The van der Waals surface area contributed by atoms with E-state index in [1.807, 2.05) is 0 Å². The van der Waals surface area contributed by atoms with Gasteiger partial charge in [0.05, 0.1) is 0 Å². The maximum atomic E-state index is 4.37. The van der Waals surface area contributed by atoms with Gasteiger partial charge in [-0.1, -0.05) is 0 Å². The molecule has 1 aromatic carbocycles. The van der Waals surface area contributed by atoms with Crippen molar-refractivity contribution in [2.45, 2.75) is 18.2 Å². The standard InChI is InChI=1S/C17H17AsN4/c18-6-3-9-22-11-13(12-4-1-2-5-16(12)22)14-10-15-17(21-14)20-8-7-19-15/h1-2,4-5,7-8,10-11H,3,6,9,18H2,(H,20,21). The van der Waals surface area contributed by atoms with Gasteiger partial charge >= 0.3 is 137 Å². The quantitative estimate of drug-likeness (QED) is 0.574. The van der Waals surface area contributed by atoms with Gasteiger partial charge in [-0.05, 0) is 0 Å². The summed E-state index contributed by atoms with van der Waals surface area (Å²) < 4.78 is 2.36. The Morgan fingerprint density at radius 3 is 2.86 bits per heavy atom. The monoisotopic (exact) mass is 352 g/mol. The summed E-state index contributed by atoms with van der Waals surface area (Å²) in [6.07, 6.45) is 6.91. The Morgan fingerprint density at radius 1 is 1.14 bits per heavy atom. The van der Waals surface area contributed by atoms with Gasteiger partial charge in [-0.15, -0.1) is 0 Å². The van der Waals surface area contributed by atoms with E-state index in [-0.39, 0.29) is 0 Å². The first-order chi connectivity index (χ1) is 10.9. The topological polar surface area (TPSA) is 46.5 Å². The van der Waals surface area contributed by atoms with Crippen LogP contribution >= 0.6 is 0 Å². The van der Waals surface area contributed by atoms with Crippen LogP contribution in [0, 0.1) is 0 Å². The number of para-hydroxylation sites is 1. The summed E-state index contributed by atoms with van der Waals surface area (Å²) in [6.45, 7) is 1.06. The summed E-state index contributed by atoms with van der Waals surface area (Å²) in [5.74, 6) is 0. The van der Waals surface area contributed by atoms with E-state index in [0.29, 0.717) is 0 Å². The molecule has 0 radical (unpaired) electrons. The number of rotatable bonds is 4. The van der Waals surface area contributed by atoms with Crippen LogP contribution in [0.4, 0.5) is 0 Å². The molecule has 0 aliphatic rings. The van der Waals surface area contributed by atoms with Crippen LogP contribution < -0.4 is 0 Å². The Bertz CT molecular complexity index is 905. The molecular weight excluding hydrogens is 335 g/mol. The molecule has 3 heterocycles. The van der Waals surface area contributed by atoms with Gasteiger partial charge in [0.25, 0.3) is 0 Å². The summed E-state index contributed by atoms with van der Waals surface area (Å²) in [5, 5.41) is 2.53. The van der Waals surface area contributed by atoms with Gasteiger partial charge in [0, 0.05) is 0 Å². The third kappa shape index (κ3) is 2.24. The van der Waals surface area contributed by atoms with Crippen molar-refractivity contribution >= 4 is 38.9 Å². The Kier molecular flexibility index (Phi) is 3.47. The van der Waals surface area contributed by atoms with Crippen LogP contribution in [0.5, 0.6) is 0 Å². The minimum absolute atomic E-state index is 0.839. The van der Waals surface area contributed by atoms with Gasteiger partial charge < -0.3 is 0 Å². The molecule has 0 fully saturated rings. The van der Waals surface area contributed by atoms with Gasteiger partial charge in [-0.25, -0.2) is 0 Å². The number of H-pyrrole nitrogens is 1. The molecular formula is C17H17AsN4. The molecule has 0 saturated heterocycles. The molecule has 3 aromatic heterocycles. The summed E-state index contributed by atoms with van der Waals surface area (Å²) in [6, 6.07) is 10.7. The Hall–Kier alpha value is -2.06. The number of aryl methyl sites for hydroxylation is 1. The number of fused-ring (bicyclic) bond motifs is 2. The number of aromatic amines is 1. The summed E-state index contributed by atoms with van der Waals surface area (Å²) in [5.41, 5.74) is 5.34. The average molecular weight is 352 g/mol. The fraction of sp³-hybridized carbons (Fsp3) is 0.176. The second kappa shape index (κ2) is 5.62. The molecule has 5 heteroatoms. The fourth-order valence-electron chi connectivity index (χ4n) is 2.90. The summed E-state index contributed by atoms with van der Waals surface area (Å²) in [4.78, 5) is 12.1. The molecule has 22 heavy (non-hydrogen) atoms. The van der Waals surface area contributed by atoms with Crippen LogP contribution in [0.1, 0.15) is 6.42 Å². The van der Waals surface area contributed by atoms with Crippen LogP contribution in [0.25, 0.3) is 33.3 Å². The van der Waals surface area contributed by atoms with Crippen LogP contribution in [-0.2, 0) is 6.54 Å². The van der Waals surface area contributed by atoms with E-state index in [9.17, 15) is 0 Å². The van der Waals surface area contributed by atoms with Crippen molar-refractivity contribution in [3.63, 3.8) is 0 Å². The van der Waals surface area contributed by atoms with Crippen LogP contribution in [-0.4, -0.2) is 36.4 Å². The van der Waals surface area contributed by atoms with E-state index < -0.39 is 0 Å². The first kappa shape index (κ1) is 13.6. The first-order valence-electron chi connectivity index (χ1n) is 7.45. The second-order valence-corrected chi connectivity index (χ2v) is 6.58. The van der Waals surface area contributed by atoms with E-state index >= 15 is 0 Å². The van der Waals surface area contributed by atoms with Gasteiger partial charge in [-0.2, -0.15) is 0 Å². The minimum atomic E-state index is 0.839. The molecule has 4 aromatic rings. The zero-order chi connectivity index (χ0) is 14.9. The average Bonchev–Trinajstić information content (AvgIpc) is 3.14. The second-order valence-electron chi connectivity index (χ2n) is 5.37. The van der Waals surface area contributed by atoms with E-state index in [2.05, 4.69) is 56.0 Å². The van der Waals surface area contributed by atoms with Gasteiger partial charge in [0.2, 0.25) is 0 Å². The first-order valence-corrected chi connectivity index (χ1v) is 9.16. The molecule has 110 valence electrons. The predicted octanol–water partition coefficient (Wildman–Crippen LogP) is 3.02. The SMILES string of the molecule is [AsH2]CCCn1cc(-c2cc3nccnc3[nH]2)c2ccccc21. The van der Waals surface area contributed by atoms with Crippen molar-refractivity contribution in [3.8, 4) is 11.3 Å². The maximum absolute atomic E-state index is 4.37. The van der Waals surface area contributed by atoms with Crippen molar-refractivity contribution in [1.29, 1.82) is 0 Å². The zero-order valence-corrected chi connectivity index (χ0v) is 14.6. The predicted molar refractivity (Wildman–Crippen MR) is 92.8 cm³/mol. The van der Waals surface area contributed by atoms with Crippen molar-refractivity contribution < 1.29 is 0 Å². The molecule has 0 amide bonds. The molecule has 0 aliphatic carbocycles. The number of nitrogens with zero attached hydrogens (tertiary/aromatic N) is 3. The Morgan fingerprint density at radius 2 is 2.00 bits per heavy atom. The van der Waals surface area contributed by atoms with E-state index in [4.69, 9.17) is 0 Å². The number of nitrogens with one attached hydrogen (secondary N) is 1. The number of hydrogen-bond acceptors (Lipinski definition) is 2. The molecule has 0 spiro atoms.